The smallest absolute Gasteiger partial charge is 0.161 e. The fourth-order valence-corrected chi connectivity index (χ4v) is 3.51. The van der Waals surface area contributed by atoms with Crippen LogP contribution in [0.25, 0.3) is 0 Å². The number of methoxy groups -OCH3 is 2. The maximum atomic E-state index is 5.37. The Labute approximate surface area is 129 Å². The summed E-state index contributed by atoms with van der Waals surface area (Å²) in [4.78, 5) is 1.44. The van der Waals surface area contributed by atoms with Crippen molar-refractivity contribution < 1.29 is 9.47 Å². The number of nitrogens with one attached hydrogen (secondary N) is 1. The van der Waals surface area contributed by atoms with Gasteiger partial charge in [-0.15, -0.1) is 11.3 Å². The number of rotatable bonds is 7. The van der Waals surface area contributed by atoms with Crippen molar-refractivity contribution in [2.24, 2.45) is 5.92 Å². The molecule has 0 radical (unpaired) electrons. The first-order valence-electron chi connectivity index (χ1n) is 7.29. The number of hydrogen-bond acceptors (Lipinski definition) is 4. The van der Waals surface area contributed by atoms with Gasteiger partial charge in [-0.25, -0.2) is 0 Å². The summed E-state index contributed by atoms with van der Waals surface area (Å²) in [5, 5.41) is 5.86. The molecule has 1 N–H and O–H groups in total. The van der Waals surface area contributed by atoms with E-state index in [9.17, 15) is 0 Å². The monoisotopic (exact) mass is 303 g/mol. The molecule has 0 aliphatic heterocycles. The highest BCUT2D eigenvalue weighted by Gasteiger charge is 2.32. The van der Waals surface area contributed by atoms with Crippen LogP contribution in [0.1, 0.15) is 29.3 Å². The SMILES string of the molecule is COc1ccc(CNC(c2cccs2)C2CC2)cc1OC. The molecule has 1 aromatic carbocycles. The van der Waals surface area contributed by atoms with Crippen LogP contribution in [0.4, 0.5) is 0 Å². The van der Waals surface area contributed by atoms with Gasteiger partial charge in [-0.3, -0.25) is 0 Å². The van der Waals surface area contributed by atoms with Gasteiger partial charge in [-0.2, -0.15) is 0 Å². The second-order valence-corrected chi connectivity index (χ2v) is 6.38. The fourth-order valence-electron chi connectivity index (χ4n) is 2.62. The second-order valence-electron chi connectivity index (χ2n) is 5.40. The van der Waals surface area contributed by atoms with E-state index >= 15 is 0 Å². The molecular formula is C17H21NO2S. The van der Waals surface area contributed by atoms with Gasteiger partial charge in [-0.1, -0.05) is 12.1 Å². The van der Waals surface area contributed by atoms with Crippen molar-refractivity contribution in [3.8, 4) is 11.5 Å². The van der Waals surface area contributed by atoms with E-state index in [1.165, 1.54) is 23.3 Å². The Morgan fingerprint density at radius 2 is 2.00 bits per heavy atom. The first-order chi connectivity index (χ1) is 10.3. The van der Waals surface area contributed by atoms with Gasteiger partial charge in [0.1, 0.15) is 0 Å². The minimum atomic E-state index is 0.484. The molecule has 112 valence electrons. The van der Waals surface area contributed by atoms with Crippen LogP contribution in [0.2, 0.25) is 0 Å². The lowest BCUT2D eigenvalue weighted by atomic mass is 10.1. The highest BCUT2D eigenvalue weighted by Crippen LogP contribution is 2.42. The van der Waals surface area contributed by atoms with Gasteiger partial charge in [0.25, 0.3) is 0 Å². The first-order valence-corrected chi connectivity index (χ1v) is 8.17. The molecular weight excluding hydrogens is 282 g/mol. The lowest BCUT2D eigenvalue weighted by Gasteiger charge is -2.17. The van der Waals surface area contributed by atoms with Crippen molar-refractivity contribution in [1.82, 2.24) is 5.32 Å². The van der Waals surface area contributed by atoms with Crippen molar-refractivity contribution in [3.05, 3.63) is 46.2 Å². The highest BCUT2D eigenvalue weighted by atomic mass is 32.1. The molecule has 0 saturated heterocycles. The Kier molecular flexibility index (Phi) is 4.46. The topological polar surface area (TPSA) is 30.5 Å². The van der Waals surface area contributed by atoms with Crippen LogP contribution in [-0.4, -0.2) is 14.2 Å². The molecule has 21 heavy (non-hydrogen) atoms. The molecule has 0 spiro atoms. The quantitative estimate of drug-likeness (QED) is 0.838. The molecule has 2 aromatic rings. The minimum absolute atomic E-state index is 0.484. The zero-order chi connectivity index (χ0) is 14.7. The Balaban J connectivity index is 1.68. The molecule has 1 aliphatic rings. The summed E-state index contributed by atoms with van der Waals surface area (Å²) >= 11 is 1.84. The molecule has 0 amide bonds. The standard InChI is InChI=1S/C17H21NO2S/c1-19-14-8-5-12(10-15(14)20-2)11-18-17(13-6-7-13)16-4-3-9-21-16/h3-5,8-10,13,17-18H,6-7,11H2,1-2H3. The van der Waals surface area contributed by atoms with Crippen molar-refractivity contribution in [3.63, 3.8) is 0 Å². The van der Waals surface area contributed by atoms with Gasteiger partial charge in [0.15, 0.2) is 11.5 Å². The Morgan fingerprint density at radius 1 is 1.19 bits per heavy atom. The normalized spacial score (nSPS) is 15.7. The average molecular weight is 303 g/mol. The molecule has 1 saturated carbocycles. The molecule has 3 rings (SSSR count). The van der Waals surface area contributed by atoms with Crippen LogP contribution in [0.15, 0.2) is 35.7 Å². The summed E-state index contributed by atoms with van der Waals surface area (Å²) in [6.45, 7) is 0.847. The van der Waals surface area contributed by atoms with E-state index in [1.807, 2.05) is 23.5 Å². The predicted molar refractivity (Wildman–Crippen MR) is 86.2 cm³/mol. The third kappa shape index (κ3) is 3.39. The third-order valence-corrected chi connectivity index (χ3v) is 4.87. The molecule has 4 heteroatoms. The molecule has 1 atom stereocenters. The maximum Gasteiger partial charge on any atom is 0.161 e. The lowest BCUT2D eigenvalue weighted by molar-refractivity contribution is 0.354. The molecule has 1 aliphatic carbocycles. The first kappa shape index (κ1) is 14.4. The van der Waals surface area contributed by atoms with E-state index in [0.717, 1.165) is 24.0 Å². The van der Waals surface area contributed by atoms with E-state index in [2.05, 4.69) is 28.9 Å². The highest BCUT2D eigenvalue weighted by molar-refractivity contribution is 7.10. The molecule has 1 aromatic heterocycles. The van der Waals surface area contributed by atoms with Crippen LogP contribution in [0, 0.1) is 5.92 Å². The van der Waals surface area contributed by atoms with E-state index in [-0.39, 0.29) is 0 Å². The summed E-state index contributed by atoms with van der Waals surface area (Å²) in [6, 6.07) is 10.9. The molecule has 1 heterocycles. The second kappa shape index (κ2) is 6.50. The summed E-state index contributed by atoms with van der Waals surface area (Å²) in [5.74, 6) is 2.36. The Bertz CT molecular complexity index is 578. The van der Waals surface area contributed by atoms with Crippen molar-refractivity contribution >= 4 is 11.3 Å². The van der Waals surface area contributed by atoms with Gasteiger partial charge in [0.05, 0.1) is 14.2 Å². The predicted octanol–water partition coefficient (Wildman–Crippen LogP) is 4.01. The van der Waals surface area contributed by atoms with Crippen molar-refractivity contribution in [2.75, 3.05) is 14.2 Å². The maximum absolute atomic E-state index is 5.37. The van der Waals surface area contributed by atoms with Gasteiger partial charge in [0, 0.05) is 17.5 Å². The number of benzene rings is 1. The van der Waals surface area contributed by atoms with Crippen LogP contribution in [-0.2, 0) is 6.54 Å². The third-order valence-electron chi connectivity index (χ3n) is 3.92. The van der Waals surface area contributed by atoms with Gasteiger partial charge >= 0.3 is 0 Å². The van der Waals surface area contributed by atoms with Crippen LogP contribution < -0.4 is 14.8 Å². The van der Waals surface area contributed by atoms with Gasteiger partial charge in [-0.05, 0) is 47.9 Å². The van der Waals surface area contributed by atoms with E-state index < -0.39 is 0 Å². The van der Waals surface area contributed by atoms with E-state index in [1.54, 1.807) is 14.2 Å². The van der Waals surface area contributed by atoms with E-state index in [4.69, 9.17) is 9.47 Å². The minimum Gasteiger partial charge on any atom is -0.493 e. The summed E-state index contributed by atoms with van der Waals surface area (Å²) in [6.07, 6.45) is 2.67. The molecule has 0 bridgehead atoms. The summed E-state index contributed by atoms with van der Waals surface area (Å²) < 4.78 is 10.6. The van der Waals surface area contributed by atoms with Crippen LogP contribution in [0.5, 0.6) is 11.5 Å². The van der Waals surface area contributed by atoms with Crippen molar-refractivity contribution in [2.45, 2.75) is 25.4 Å². The average Bonchev–Trinajstić information content (AvgIpc) is 3.21. The van der Waals surface area contributed by atoms with Gasteiger partial charge < -0.3 is 14.8 Å². The van der Waals surface area contributed by atoms with Crippen molar-refractivity contribution in [1.29, 1.82) is 0 Å². The summed E-state index contributed by atoms with van der Waals surface area (Å²) in [7, 11) is 3.34. The number of hydrogen-bond donors (Lipinski definition) is 1. The molecule has 3 nitrogen and oxygen atoms in total. The van der Waals surface area contributed by atoms with E-state index in [0.29, 0.717) is 6.04 Å². The Hall–Kier alpha value is -1.52. The largest absolute Gasteiger partial charge is 0.493 e. The number of thiophene rings is 1. The number of ether oxygens (including phenoxy) is 2. The van der Waals surface area contributed by atoms with Crippen LogP contribution >= 0.6 is 11.3 Å². The zero-order valence-electron chi connectivity index (χ0n) is 12.5. The summed E-state index contributed by atoms with van der Waals surface area (Å²) in [5.41, 5.74) is 1.22. The Morgan fingerprint density at radius 3 is 2.62 bits per heavy atom. The molecule has 1 fully saturated rings. The fraction of sp³-hybridized carbons (Fsp3) is 0.412. The van der Waals surface area contributed by atoms with Gasteiger partial charge in [0.2, 0.25) is 0 Å². The molecule has 1 unspecified atom stereocenters. The lowest BCUT2D eigenvalue weighted by Crippen LogP contribution is -2.21. The van der Waals surface area contributed by atoms with Crippen LogP contribution in [0.3, 0.4) is 0 Å². The zero-order valence-corrected chi connectivity index (χ0v) is 13.3.